The van der Waals surface area contributed by atoms with Crippen molar-refractivity contribution in [3.63, 3.8) is 0 Å². The lowest BCUT2D eigenvalue weighted by molar-refractivity contribution is -0.133. The van der Waals surface area contributed by atoms with Crippen molar-refractivity contribution >= 4 is 29.4 Å². The number of imide groups is 1. The Morgan fingerprint density at radius 1 is 1.13 bits per heavy atom. The normalized spacial score (nSPS) is 17.9. The zero-order chi connectivity index (χ0) is 22.8. The van der Waals surface area contributed by atoms with E-state index in [9.17, 15) is 19.2 Å². The maximum atomic E-state index is 13.0. The van der Waals surface area contributed by atoms with Gasteiger partial charge in [-0.15, -0.1) is 0 Å². The van der Waals surface area contributed by atoms with Crippen LogP contribution < -0.4 is 15.4 Å². The van der Waals surface area contributed by atoms with E-state index in [1.807, 2.05) is 0 Å². The van der Waals surface area contributed by atoms with Crippen molar-refractivity contribution in [2.75, 3.05) is 33.1 Å². The minimum atomic E-state index is -1.31. The molecule has 1 aliphatic heterocycles. The Morgan fingerprint density at radius 3 is 2.42 bits per heavy atom. The number of urea groups is 1. The molecule has 0 aromatic heterocycles. The standard InChI is InChI=1S/C22H24N4O5/c1-22(15-6-5-7-17(12-15)31-4)20(29)26(21(30)24-22)13-18(27)23-16-10-8-14(9-11-16)19(28)25(2)3/h5-12H,13H2,1-4H3,(H,23,27)(H,24,30)/t22-/m1/s1. The van der Waals surface area contributed by atoms with Crippen LogP contribution in [0.4, 0.5) is 10.5 Å². The van der Waals surface area contributed by atoms with Gasteiger partial charge in [0.15, 0.2) is 0 Å². The predicted octanol–water partition coefficient (Wildman–Crippen LogP) is 1.80. The summed E-state index contributed by atoms with van der Waals surface area (Å²) in [4.78, 5) is 52.1. The van der Waals surface area contributed by atoms with Crippen LogP contribution in [-0.4, -0.2) is 61.3 Å². The van der Waals surface area contributed by atoms with E-state index in [0.717, 1.165) is 4.90 Å². The van der Waals surface area contributed by atoms with E-state index >= 15 is 0 Å². The third-order valence-corrected chi connectivity index (χ3v) is 5.05. The first-order valence-corrected chi connectivity index (χ1v) is 9.56. The van der Waals surface area contributed by atoms with E-state index in [1.54, 1.807) is 69.6 Å². The van der Waals surface area contributed by atoms with E-state index in [-0.39, 0.29) is 5.91 Å². The number of rotatable bonds is 6. The molecule has 0 radical (unpaired) electrons. The molecule has 9 nitrogen and oxygen atoms in total. The highest BCUT2D eigenvalue weighted by atomic mass is 16.5. The summed E-state index contributed by atoms with van der Waals surface area (Å²) in [5, 5.41) is 5.29. The van der Waals surface area contributed by atoms with Crippen LogP contribution in [0.15, 0.2) is 48.5 Å². The van der Waals surface area contributed by atoms with E-state index in [1.165, 1.54) is 12.0 Å². The molecule has 9 heteroatoms. The van der Waals surface area contributed by atoms with Crippen LogP contribution in [0.3, 0.4) is 0 Å². The summed E-state index contributed by atoms with van der Waals surface area (Å²) in [6.45, 7) is 1.14. The molecule has 1 heterocycles. The molecule has 0 bridgehead atoms. The summed E-state index contributed by atoms with van der Waals surface area (Å²) in [5.41, 5.74) is 0.170. The number of carbonyl (C=O) groups excluding carboxylic acids is 4. The maximum absolute atomic E-state index is 13.0. The number of hydrogen-bond acceptors (Lipinski definition) is 5. The Balaban J connectivity index is 1.69. The fourth-order valence-electron chi connectivity index (χ4n) is 3.27. The van der Waals surface area contributed by atoms with Crippen molar-refractivity contribution in [2.45, 2.75) is 12.5 Å². The number of ether oxygens (including phenoxy) is 1. The molecular formula is C22H24N4O5. The van der Waals surface area contributed by atoms with Crippen molar-refractivity contribution in [2.24, 2.45) is 0 Å². The first kappa shape index (κ1) is 21.8. The molecular weight excluding hydrogens is 400 g/mol. The van der Waals surface area contributed by atoms with Gasteiger partial charge in [0.2, 0.25) is 5.91 Å². The second-order valence-electron chi connectivity index (χ2n) is 7.50. The molecule has 0 aliphatic carbocycles. The fraction of sp³-hybridized carbons (Fsp3) is 0.273. The lowest BCUT2D eigenvalue weighted by atomic mass is 9.92. The quantitative estimate of drug-likeness (QED) is 0.688. The van der Waals surface area contributed by atoms with Crippen molar-refractivity contribution in [3.8, 4) is 5.75 Å². The van der Waals surface area contributed by atoms with Gasteiger partial charge >= 0.3 is 6.03 Å². The highest BCUT2D eigenvalue weighted by Crippen LogP contribution is 2.30. The number of hydrogen-bond donors (Lipinski definition) is 2. The smallest absolute Gasteiger partial charge is 0.325 e. The van der Waals surface area contributed by atoms with Crippen LogP contribution in [0.25, 0.3) is 0 Å². The molecule has 0 unspecified atom stereocenters. The highest BCUT2D eigenvalue weighted by molar-refractivity contribution is 6.10. The summed E-state index contributed by atoms with van der Waals surface area (Å²) >= 11 is 0. The Morgan fingerprint density at radius 2 is 1.81 bits per heavy atom. The van der Waals surface area contributed by atoms with Crippen molar-refractivity contribution in [1.82, 2.24) is 15.1 Å². The van der Waals surface area contributed by atoms with Gasteiger partial charge in [0, 0.05) is 25.3 Å². The monoisotopic (exact) mass is 424 g/mol. The number of methoxy groups -OCH3 is 1. The van der Waals surface area contributed by atoms with Gasteiger partial charge < -0.3 is 20.3 Å². The zero-order valence-electron chi connectivity index (χ0n) is 17.8. The molecule has 1 fully saturated rings. The Kier molecular flexibility index (Phi) is 5.96. The Labute approximate surface area is 180 Å². The van der Waals surface area contributed by atoms with Gasteiger partial charge in [0.05, 0.1) is 7.11 Å². The average Bonchev–Trinajstić information content (AvgIpc) is 2.97. The van der Waals surface area contributed by atoms with Crippen LogP contribution in [0, 0.1) is 0 Å². The third kappa shape index (κ3) is 4.35. The van der Waals surface area contributed by atoms with Gasteiger partial charge in [-0.1, -0.05) is 12.1 Å². The van der Waals surface area contributed by atoms with Gasteiger partial charge in [-0.2, -0.15) is 0 Å². The average molecular weight is 424 g/mol. The van der Waals surface area contributed by atoms with Gasteiger partial charge in [-0.3, -0.25) is 19.3 Å². The summed E-state index contributed by atoms with van der Waals surface area (Å²) in [7, 11) is 4.81. The molecule has 0 saturated carbocycles. The molecule has 5 amide bonds. The van der Waals surface area contributed by atoms with Gasteiger partial charge in [-0.05, 0) is 48.9 Å². The second-order valence-corrected chi connectivity index (χ2v) is 7.50. The van der Waals surface area contributed by atoms with Gasteiger partial charge in [0.25, 0.3) is 11.8 Å². The van der Waals surface area contributed by atoms with Crippen LogP contribution in [0.2, 0.25) is 0 Å². The lowest BCUT2D eigenvalue weighted by Gasteiger charge is -2.22. The Hall–Kier alpha value is -3.88. The number of nitrogens with zero attached hydrogens (tertiary/aromatic N) is 2. The fourth-order valence-corrected chi connectivity index (χ4v) is 3.27. The molecule has 1 aliphatic rings. The van der Waals surface area contributed by atoms with E-state index in [2.05, 4.69) is 10.6 Å². The molecule has 2 aromatic carbocycles. The van der Waals surface area contributed by atoms with E-state index < -0.39 is 29.9 Å². The summed E-state index contributed by atoms with van der Waals surface area (Å²) in [6, 6.07) is 12.5. The SMILES string of the molecule is COc1cccc([C@@]2(C)NC(=O)N(CC(=O)Nc3ccc(C(=O)N(C)C)cc3)C2=O)c1. The zero-order valence-corrected chi connectivity index (χ0v) is 17.8. The van der Waals surface area contributed by atoms with E-state index in [4.69, 9.17) is 4.74 Å². The summed E-state index contributed by atoms with van der Waals surface area (Å²) < 4.78 is 5.19. The topological polar surface area (TPSA) is 108 Å². The molecule has 0 spiro atoms. The molecule has 1 atom stereocenters. The number of amides is 5. The molecule has 2 aromatic rings. The van der Waals surface area contributed by atoms with Gasteiger partial charge in [-0.25, -0.2) is 4.79 Å². The molecule has 2 N–H and O–H groups in total. The largest absolute Gasteiger partial charge is 0.497 e. The predicted molar refractivity (Wildman–Crippen MR) is 114 cm³/mol. The number of carbonyl (C=O) groups is 4. The first-order valence-electron chi connectivity index (χ1n) is 9.56. The minimum Gasteiger partial charge on any atom is -0.497 e. The van der Waals surface area contributed by atoms with Crippen molar-refractivity contribution in [1.29, 1.82) is 0 Å². The summed E-state index contributed by atoms with van der Waals surface area (Å²) in [5.74, 6) is -0.680. The highest BCUT2D eigenvalue weighted by Gasteiger charge is 2.49. The molecule has 3 rings (SSSR count). The number of benzene rings is 2. The van der Waals surface area contributed by atoms with Crippen molar-refractivity contribution < 1.29 is 23.9 Å². The minimum absolute atomic E-state index is 0.158. The second kappa shape index (κ2) is 8.47. The van der Waals surface area contributed by atoms with Gasteiger partial charge in [0.1, 0.15) is 17.8 Å². The Bertz CT molecular complexity index is 1030. The number of nitrogens with one attached hydrogen (secondary N) is 2. The molecule has 162 valence electrons. The van der Waals surface area contributed by atoms with Crippen LogP contribution in [0.5, 0.6) is 5.75 Å². The summed E-state index contributed by atoms with van der Waals surface area (Å²) in [6.07, 6.45) is 0. The van der Waals surface area contributed by atoms with Crippen LogP contribution in [0.1, 0.15) is 22.8 Å². The van der Waals surface area contributed by atoms with Crippen molar-refractivity contribution in [3.05, 3.63) is 59.7 Å². The van der Waals surface area contributed by atoms with Crippen LogP contribution >= 0.6 is 0 Å². The van der Waals surface area contributed by atoms with Crippen LogP contribution in [-0.2, 0) is 15.1 Å². The maximum Gasteiger partial charge on any atom is 0.325 e. The van der Waals surface area contributed by atoms with E-state index in [0.29, 0.717) is 22.6 Å². The third-order valence-electron chi connectivity index (χ3n) is 5.05. The molecule has 31 heavy (non-hydrogen) atoms. The molecule has 1 saturated heterocycles. The first-order chi connectivity index (χ1) is 14.7. The lowest BCUT2D eigenvalue weighted by Crippen LogP contribution is -2.42. The number of anilines is 1.